The van der Waals surface area contributed by atoms with Gasteiger partial charge in [0.1, 0.15) is 0 Å². The second kappa shape index (κ2) is 9.59. The lowest BCUT2D eigenvalue weighted by Crippen LogP contribution is -2.47. The molecule has 152 valence electrons. The van der Waals surface area contributed by atoms with Crippen LogP contribution in [0, 0.1) is 5.92 Å². The minimum Gasteiger partial charge on any atom is -0.381 e. The molecule has 0 bridgehead atoms. The molecule has 3 rings (SSSR count). The summed E-state index contributed by atoms with van der Waals surface area (Å²) < 4.78 is 31.2. The van der Waals surface area contributed by atoms with Crippen molar-refractivity contribution in [2.75, 3.05) is 32.5 Å². The molecule has 2 aromatic carbocycles. The highest BCUT2D eigenvalue weighted by Gasteiger charge is 2.33. The van der Waals surface area contributed by atoms with Crippen LogP contribution in [-0.2, 0) is 21.0 Å². The number of sulfone groups is 1. The average Bonchev–Trinajstić information content (AvgIpc) is 2.66. The van der Waals surface area contributed by atoms with E-state index in [9.17, 15) is 8.42 Å². The van der Waals surface area contributed by atoms with Crippen LogP contribution in [0.5, 0.6) is 0 Å². The van der Waals surface area contributed by atoms with Crippen LogP contribution in [0.4, 0.5) is 0 Å². The van der Waals surface area contributed by atoms with Crippen molar-refractivity contribution in [3.8, 4) is 0 Å². The molecule has 1 fully saturated rings. The third-order valence-corrected chi connectivity index (χ3v) is 7.52. The number of methoxy groups -OCH3 is 1. The Bertz CT molecular complexity index is 870. The third kappa shape index (κ3) is 5.71. The zero-order chi connectivity index (χ0) is 20.1. The van der Waals surface area contributed by atoms with Gasteiger partial charge in [-0.05, 0) is 48.7 Å². The fourth-order valence-corrected chi connectivity index (χ4v) is 6.03. The van der Waals surface area contributed by atoms with Crippen molar-refractivity contribution in [3.63, 3.8) is 0 Å². The van der Waals surface area contributed by atoms with Gasteiger partial charge in [0.05, 0.1) is 16.8 Å². The molecule has 1 aliphatic rings. The van der Waals surface area contributed by atoms with Crippen molar-refractivity contribution in [1.29, 1.82) is 0 Å². The minimum atomic E-state index is -3.35. The lowest BCUT2D eigenvalue weighted by molar-refractivity contribution is 0.00211. The number of hydrogen-bond acceptors (Lipinski definition) is 4. The number of likely N-dealkylation sites (tertiary alicyclic amines) is 1. The van der Waals surface area contributed by atoms with E-state index in [1.54, 1.807) is 37.4 Å². The van der Waals surface area contributed by atoms with Gasteiger partial charge in [0, 0.05) is 42.7 Å². The lowest BCUT2D eigenvalue weighted by Gasteiger charge is -2.37. The summed E-state index contributed by atoms with van der Waals surface area (Å²) in [6, 6.07) is 14.2. The summed E-state index contributed by atoms with van der Waals surface area (Å²) >= 11 is 12.2. The summed E-state index contributed by atoms with van der Waals surface area (Å²) in [6.45, 7) is 2.41. The summed E-state index contributed by atoms with van der Waals surface area (Å²) in [5.74, 6) is 0.0292. The fourth-order valence-electron chi connectivity index (χ4n) is 3.81. The van der Waals surface area contributed by atoms with E-state index in [1.165, 1.54) is 0 Å². The van der Waals surface area contributed by atoms with Gasteiger partial charge in [-0.25, -0.2) is 8.42 Å². The topological polar surface area (TPSA) is 46.6 Å². The monoisotopic (exact) mass is 441 g/mol. The Labute approximate surface area is 177 Å². The summed E-state index contributed by atoms with van der Waals surface area (Å²) in [5, 5.41) is 1.26. The maximum absolute atomic E-state index is 12.8. The second-order valence-corrected chi connectivity index (χ2v) is 10.2. The highest BCUT2D eigenvalue weighted by molar-refractivity contribution is 7.91. The van der Waals surface area contributed by atoms with Crippen molar-refractivity contribution in [2.24, 2.45) is 5.92 Å². The predicted molar refractivity (Wildman–Crippen MR) is 114 cm³/mol. The molecule has 2 unspecified atom stereocenters. The number of ether oxygens (including phenoxy) is 1. The van der Waals surface area contributed by atoms with Crippen molar-refractivity contribution in [1.82, 2.24) is 4.90 Å². The maximum atomic E-state index is 12.8. The van der Waals surface area contributed by atoms with Crippen LogP contribution in [0.2, 0.25) is 10.0 Å². The zero-order valence-corrected chi connectivity index (χ0v) is 18.2. The molecule has 2 atom stereocenters. The Hall–Kier alpha value is -1.11. The molecule has 4 nitrogen and oxygen atoms in total. The number of hydrogen-bond donors (Lipinski definition) is 0. The summed E-state index contributed by atoms with van der Waals surface area (Å²) in [4.78, 5) is 2.67. The number of halogens is 2. The quantitative estimate of drug-likeness (QED) is 0.640. The number of rotatable bonds is 7. The van der Waals surface area contributed by atoms with Crippen molar-refractivity contribution < 1.29 is 13.2 Å². The molecule has 0 amide bonds. The van der Waals surface area contributed by atoms with Gasteiger partial charge < -0.3 is 9.64 Å². The Kier molecular flexibility index (Phi) is 7.40. The highest BCUT2D eigenvalue weighted by atomic mass is 35.5. The van der Waals surface area contributed by atoms with Gasteiger partial charge in [0.2, 0.25) is 0 Å². The van der Waals surface area contributed by atoms with Gasteiger partial charge in [-0.1, -0.05) is 41.4 Å². The largest absolute Gasteiger partial charge is 0.381 e. The molecule has 0 aromatic heterocycles. The van der Waals surface area contributed by atoms with Crippen LogP contribution < -0.4 is 0 Å². The van der Waals surface area contributed by atoms with E-state index in [4.69, 9.17) is 27.9 Å². The molecule has 1 aliphatic heterocycles. The standard InChI is InChI=1S/C21H25Cl2NO3S/c1-27-21-8-10-24(9-7-16-11-18(22)13-19(23)12-16)14-17(21)15-28(25,26)20-5-3-2-4-6-20/h2-6,11-13,17,21H,7-10,14-15H2,1H3. The molecular weight excluding hydrogens is 417 g/mol. The summed E-state index contributed by atoms with van der Waals surface area (Å²) in [5.41, 5.74) is 1.08. The second-order valence-electron chi connectivity index (χ2n) is 7.25. The Morgan fingerprint density at radius 1 is 1.11 bits per heavy atom. The Morgan fingerprint density at radius 3 is 2.43 bits per heavy atom. The third-order valence-electron chi connectivity index (χ3n) is 5.23. The van der Waals surface area contributed by atoms with Gasteiger partial charge in [0.15, 0.2) is 9.84 Å². The lowest BCUT2D eigenvalue weighted by atomic mass is 9.96. The van der Waals surface area contributed by atoms with E-state index in [0.717, 1.165) is 31.5 Å². The van der Waals surface area contributed by atoms with Crippen LogP contribution in [0.25, 0.3) is 0 Å². The van der Waals surface area contributed by atoms with E-state index in [0.29, 0.717) is 21.5 Å². The molecule has 1 saturated heterocycles. The van der Waals surface area contributed by atoms with Crippen molar-refractivity contribution in [3.05, 3.63) is 64.1 Å². The van der Waals surface area contributed by atoms with Crippen molar-refractivity contribution >= 4 is 33.0 Å². The van der Waals surface area contributed by atoms with Crippen LogP contribution in [0.1, 0.15) is 12.0 Å². The SMILES string of the molecule is COC1CCN(CCc2cc(Cl)cc(Cl)c2)CC1CS(=O)(=O)c1ccccc1. The predicted octanol–water partition coefficient (Wildman–Crippen LogP) is 4.35. The fraction of sp³-hybridized carbons (Fsp3) is 0.429. The van der Waals surface area contributed by atoms with Crippen LogP contribution >= 0.6 is 23.2 Å². The first-order valence-electron chi connectivity index (χ1n) is 9.35. The maximum Gasteiger partial charge on any atom is 0.178 e. The molecule has 0 saturated carbocycles. The van der Waals surface area contributed by atoms with E-state index >= 15 is 0 Å². The summed E-state index contributed by atoms with van der Waals surface area (Å²) in [7, 11) is -1.68. The number of benzene rings is 2. The molecule has 0 spiro atoms. The molecular formula is C21H25Cl2NO3S. The van der Waals surface area contributed by atoms with Gasteiger partial charge >= 0.3 is 0 Å². The van der Waals surface area contributed by atoms with Crippen LogP contribution in [0.15, 0.2) is 53.4 Å². The van der Waals surface area contributed by atoms with E-state index in [2.05, 4.69) is 4.90 Å². The molecule has 7 heteroatoms. The first-order valence-corrected chi connectivity index (χ1v) is 11.8. The number of piperidine rings is 1. The summed E-state index contributed by atoms with van der Waals surface area (Å²) in [6.07, 6.45) is 1.59. The first kappa shape index (κ1) is 21.6. The zero-order valence-electron chi connectivity index (χ0n) is 15.9. The van der Waals surface area contributed by atoms with Gasteiger partial charge in [-0.15, -0.1) is 0 Å². The normalized spacial score (nSPS) is 21.0. The first-order chi connectivity index (χ1) is 13.4. The Balaban J connectivity index is 1.65. The smallest absolute Gasteiger partial charge is 0.178 e. The van der Waals surface area contributed by atoms with Crippen LogP contribution in [-0.4, -0.2) is 51.9 Å². The highest BCUT2D eigenvalue weighted by Crippen LogP contribution is 2.25. The van der Waals surface area contributed by atoms with Crippen LogP contribution in [0.3, 0.4) is 0 Å². The van der Waals surface area contributed by atoms with Gasteiger partial charge in [0.25, 0.3) is 0 Å². The molecule has 0 N–H and O–H groups in total. The Morgan fingerprint density at radius 2 is 1.79 bits per heavy atom. The molecule has 0 aliphatic carbocycles. The average molecular weight is 442 g/mol. The van der Waals surface area contributed by atoms with E-state index in [-0.39, 0.29) is 17.8 Å². The number of nitrogens with zero attached hydrogens (tertiary/aromatic N) is 1. The molecule has 0 radical (unpaired) electrons. The van der Waals surface area contributed by atoms with E-state index < -0.39 is 9.84 Å². The molecule has 2 aromatic rings. The van der Waals surface area contributed by atoms with Crippen molar-refractivity contribution in [2.45, 2.75) is 23.8 Å². The van der Waals surface area contributed by atoms with Gasteiger partial charge in [-0.3, -0.25) is 0 Å². The molecule has 1 heterocycles. The van der Waals surface area contributed by atoms with Gasteiger partial charge in [-0.2, -0.15) is 0 Å². The van der Waals surface area contributed by atoms with E-state index in [1.807, 2.05) is 18.2 Å². The molecule has 28 heavy (non-hydrogen) atoms. The minimum absolute atomic E-state index is 0.0460.